The first kappa shape index (κ1) is 14.3. The van der Waals surface area contributed by atoms with Crippen LogP contribution < -0.4 is 4.90 Å². The number of hydrogen-bond donors (Lipinski definition) is 1. The highest BCUT2D eigenvalue weighted by Gasteiger charge is 2.30. The normalized spacial score (nSPS) is 20.4. The molecular formula is C16H24FNO. The molecule has 1 N–H and O–H groups in total. The van der Waals surface area contributed by atoms with Gasteiger partial charge in [0.15, 0.2) is 0 Å². The summed E-state index contributed by atoms with van der Waals surface area (Å²) in [4.78, 5) is 2.09. The monoisotopic (exact) mass is 265 g/mol. The number of aliphatic hydroxyl groups is 1. The lowest BCUT2D eigenvalue weighted by molar-refractivity contribution is 0.198. The highest BCUT2D eigenvalue weighted by molar-refractivity contribution is 5.56. The molecule has 2 nitrogen and oxygen atoms in total. The van der Waals surface area contributed by atoms with Gasteiger partial charge in [0, 0.05) is 18.7 Å². The topological polar surface area (TPSA) is 23.5 Å². The second kappa shape index (κ2) is 5.49. The molecule has 106 valence electrons. The third-order valence-corrected chi connectivity index (χ3v) is 4.61. The minimum absolute atomic E-state index is 0.224. The van der Waals surface area contributed by atoms with Crippen LogP contribution in [-0.4, -0.2) is 18.2 Å². The van der Waals surface area contributed by atoms with E-state index in [1.165, 1.54) is 12.5 Å². The number of benzene rings is 1. The van der Waals surface area contributed by atoms with E-state index in [-0.39, 0.29) is 5.82 Å². The minimum Gasteiger partial charge on any atom is -0.389 e. The standard InChI is InChI=1S/C16H24FNO/c1-4-16(3)8-10-18(11-9-16)15-13(12(2)19)6-5-7-14(15)17/h5-7,12,19H,4,8-11H2,1-3H3/t12-/m0/s1. The van der Waals surface area contributed by atoms with Gasteiger partial charge < -0.3 is 10.0 Å². The molecule has 19 heavy (non-hydrogen) atoms. The summed E-state index contributed by atoms with van der Waals surface area (Å²) < 4.78 is 14.1. The van der Waals surface area contributed by atoms with Crippen LogP contribution >= 0.6 is 0 Å². The zero-order valence-corrected chi connectivity index (χ0v) is 12.1. The summed E-state index contributed by atoms with van der Waals surface area (Å²) in [6, 6.07) is 4.96. The summed E-state index contributed by atoms with van der Waals surface area (Å²) in [5, 5.41) is 9.82. The number of hydrogen-bond acceptors (Lipinski definition) is 2. The summed E-state index contributed by atoms with van der Waals surface area (Å²) in [5.41, 5.74) is 1.67. The number of piperidine rings is 1. The van der Waals surface area contributed by atoms with Crippen LogP contribution in [0.1, 0.15) is 51.7 Å². The van der Waals surface area contributed by atoms with E-state index in [2.05, 4.69) is 18.7 Å². The van der Waals surface area contributed by atoms with Gasteiger partial charge in [0.2, 0.25) is 0 Å². The third-order valence-electron chi connectivity index (χ3n) is 4.61. The van der Waals surface area contributed by atoms with Crippen molar-refractivity contribution >= 4 is 5.69 Å². The van der Waals surface area contributed by atoms with Gasteiger partial charge in [-0.3, -0.25) is 0 Å². The molecule has 0 spiro atoms. The maximum atomic E-state index is 14.1. The molecule has 1 aromatic carbocycles. The molecule has 1 heterocycles. The van der Waals surface area contributed by atoms with E-state index in [9.17, 15) is 9.50 Å². The van der Waals surface area contributed by atoms with Crippen LogP contribution in [0, 0.1) is 11.2 Å². The van der Waals surface area contributed by atoms with Gasteiger partial charge in [-0.15, -0.1) is 0 Å². The van der Waals surface area contributed by atoms with Crippen LogP contribution in [0.4, 0.5) is 10.1 Å². The first-order valence-electron chi connectivity index (χ1n) is 7.18. The smallest absolute Gasteiger partial charge is 0.146 e. The Morgan fingerprint density at radius 2 is 2.00 bits per heavy atom. The van der Waals surface area contributed by atoms with Gasteiger partial charge in [-0.1, -0.05) is 32.4 Å². The van der Waals surface area contributed by atoms with E-state index < -0.39 is 6.10 Å². The Morgan fingerprint density at radius 1 is 1.37 bits per heavy atom. The van der Waals surface area contributed by atoms with Gasteiger partial charge in [0.25, 0.3) is 0 Å². The first-order chi connectivity index (χ1) is 8.97. The number of nitrogens with zero attached hydrogens (tertiary/aromatic N) is 1. The number of anilines is 1. The molecule has 0 unspecified atom stereocenters. The van der Waals surface area contributed by atoms with E-state index in [4.69, 9.17) is 0 Å². The molecule has 1 atom stereocenters. The Hall–Kier alpha value is -1.09. The second-order valence-electron chi connectivity index (χ2n) is 6.00. The van der Waals surface area contributed by atoms with Crippen molar-refractivity contribution in [2.24, 2.45) is 5.41 Å². The van der Waals surface area contributed by atoms with Crippen LogP contribution in [0.3, 0.4) is 0 Å². The van der Waals surface area contributed by atoms with Gasteiger partial charge in [-0.05, 0) is 31.2 Å². The highest BCUT2D eigenvalue weighted by atomic mass is 19.1. The minimum atomic E-state index is -0.634. The summed E-state index contributed by atoms with van der Waals surface area (Å²) in [6.45, 7) is 7.95. The number of halogens is 1. The fraction of sp³-hybridized carbons (Fsp3) is 0.625. The summed E-state index contributed by atoms with van der Waals surface area (Å²) in [5.74, 6) is -0.224. The lowest BCUT2D eigenvalue weighted by atomic mass is 9.78. The van der Waals surface area contributed by atoms with Crippen molar-refractivity contribution in [2.75, 3.05) is 18.0 Å². The van der Waals surface area contributed by atoms with Gasteiger partial charge in [0.1, 0.15) is 5.82 Å². The zero-order valence-electron chi connectivity index (χ0n) is 12.1. The Labute approximate surface area is 115 Å². The Morgan fingerprint density at radius 3 is 2.53 bits per heavy atom. The van der Waals surface area contributed by atoms with E-state index in [0.29, 0.717) is 16.7 Å². The van der Waals surface area contributed by atoms with Crippen molar-refractivity contribution in [1.82, 2.24) is 0 Å². The van der Waals surface area contributed by atoms with Gasteiger partial charge in [-0.25, -0.2) is 4.39 Å². The highest BCUT2D eigenvalue weighted by Crippen LogP contribution is 2.38. The van der Waals surface area contributed by atoms with Crippen molar-refractivity contribution in [3.63, 3.8) is 0 Å². The average molecular weight is 265 g/mol. The van der Waals surface area contributed by atoms with E-state index in [1.807, 2.05) is 6.07 Å². The SMILES string of the molecule is CCC1(C)CCN(c2c(F)cccc2[C@H](C)O)CC1. The van der Waals surface area contributed by atoms with Gasteiger partial charge in [-0.2, -0.15) is 0 Å². The molecule has 1 aromatic rings. The maximum Gasteiger partial charge on any atom is 0.146 e. The molecular weight excluding hydrogens is 241 g/mol. The summed E-state index contributed by atoms with van der Waals surface area (Å²) in [7, 11) is 0. The Bertz CT molecular complexity index is 436. The van der Waals surface area contributed by atoms with Gasteiger partial charge >= 0.3 is 0 Å². The fourth-order valence-corrected chi connectivity index (χ4v) is 2.83. The predicted molar refractivity (Wildman–Crippen MR) is 76.9 cm³/mol. The van der Waals surface area contributed by atoms with Crippen molar-refractivity contribution in [2.45, 2.75) is 46.1 Å². The van der Waals surface area contributed by atoms with Crippen LogP contribution in [0.5, 0.6) is 0 Å². The van der Waals surface area contributed by atoms with Crippen molar-refractivity contribution in [3.05, 3.63) is 29.6 Å². The quantitative estimate of drug-likeness (QED) is 0.896. The van der Waals surface area contributed by atoms with Crippen molar-refractivity contribution in [3.8, 4) is 0 Å². The molecule has 0 saturated carbocycles. The van der Waals surface area contributed by atoms with Crippen molar-refractivity contribution < 1.29 is 9.50 Å². The van der Waals surface area contributed by atoms with Crippen LogP contribution in [0.2, 0.25) is 0 Å². The zero-order chi connectivity index (χ0) is 14.0. The fourth-order valence-electron chi connectivity index (χ4n) is 2.83. The van der Waals surface area contributed by atoms with Crippen LogP contribution in [0.15, 0.2) is 18.2 Å². The molecule has 1 aliphatic rings. The molecule has 0 amide bonds. The maximum absolute atomic E-state index is 14.1. The molecule has 1 aliphatic heterocycles. The van der Waals surface area contributed by atoms with E-state index in [1.54, 1.807) is 13.0 Å². The average Bonchev–Trinajstić information content (AvgIpc) is 2.40. The number of rotatable bonds is 3. The molecule has 0 aromatic heterocycles. The molecule has 3 heteroatoms. The Balaban J connectivity index is 2.24. The largest absolute Gasteiger partial charge is 0.389 e. The second-order valence-corrected chi connectivity index (χ2v) is 6.00. The molecule has 0 aliphatic carbocycles. The molecule has 1 saturated heterocycles. The van der Waals surface area contributed by atoms with Crippen LogP contribution in [-0.2, 0) is 0 Å². The lowest BCUT2D eigenvalue weighted by Crippen LogP contribution is -2.39. The van der Waals surface area contributed by atoms with Gasteiger partial charge in [0.05, 0.1) is 11.8 Å². The molecule has 0 radical (unpaired) electrons. The lowest BCUT2D eigenvalue weighted by Gasteiger charge is -2.41. The predicted octanol–water partition coefficient (Wildman–Crippen LogP) is 3.90. The third kappa shape index (κ3) is 2.92. The molecule has 0 bridgehead atoms. The summed E-state index contributed by atoms with van der Waals surface area (Å²) >= 11 is 0. The Kier molecular flexibility index (Phi) is 4.14. The molecule has 2 rings (SSSR count). The van der Waals surface area contributed by atoms with Crippen molar-refractivity contribution in [1.29, 1.82) is 0 Å². The van der Waals surface area contributed by atoms with E-state index in [0.717, 1.165) is 25.9 Å². The summed E-state index contributed by atoms with van der Waals surface area (Å²) in [6.07, 6.45) is 2.69. The number of para-hydroxylation sites is 1. The number of aliphatic hydroxyl groups excluding tert-OH is 1. The van der Waals surface area contributed by atoms with E-state index >= 15 is 0 Å². The molecule has 1 fully saturated rings. The first-order valence-corrected chi connectivity index (χ1v) is 7.18. The van der Waals surface area contributed by atoms with Crippen LogP contribution in [0.25, 0.3) is 0 Å².